The van der Waals surface area contributed by atoms with E-state index in [9.17, 15) is 13.2 Å². The van der Waals surface area contributed by atoms with Crippen molar-refractivity contribution in [2.75, 3.05) is 38.7 Å². The van der Waals surface area contributed by atoms with E-state index < -0.39 is 10.0 Å². The summed E-state index contributed by atoms with van der Waals surface area (Å²) in [5.41, 5.74) is 0.407. The predicted octanol–water partition coefficient (Wildman–Crippen LogP) is 2.48. The van der Waals surface area contributed by atoms with Gasteiger partial charge in [-0.15, -0.1) is 0 Å². The van der Waals surface area contributed by atoms with E-state index in [4.69, 9.17) is 9.47 Å². The fraction of sp³-hybridized carbons (Fsp3) is 0.650. The Kier molecular flexibility index (Phi) is 5.62. The minimum atomic E-state index is -3.63. The summed E-state index contributed by atoms with van der Waals surface area (Å²) in [7, 11) is -2.12. The van der Waals surface area contributed by atoms with E-state index in [1.165, 1.54) is 42.8 Å². The smallest absolute Gasteiger partial charge is 0.243 e. The van der Waals surface area contributed by atoms with Crippen LogP contribution in [0.15, 0.2) is 23.1 Å². The number of benzene rings is 1. The Morgan fingerprint density at radius 1 is 1.25 bits per heavy atom. The van der Waals surface area contributed by atoms with E-state index in [0.717, 1.165) is 12.3 Å². The molecule has 1 N–H and O–H groups in total. The first-order valence-corrected chi connectivity index (χ1v) is 11.5. The van der Waals surface area contributed by atoms with Crippen molar-refractivity contribution in [3.63, 3.8) is 0 Å². The van der Waals surface area contributed by atoms with Crippen molar-refractivity contribution in [2.24, 2.45) is 17.8 Å². The third kappa shape index (κ3) is 3.90. The second-order valence-corrected chi connectivity index (χ2v) is 10.0. The first kappa shape index (κ1) is 19.7. The number of fused-ring (bicyclic) bond motifs is 2. The van der Waals surface area contributed by atoms with E-state index in [1.54, 1.807) is 6.07 Å². The molecule has 0 aromatic heterocycles. The summed E-state index contributed by atoms with van der Waals surface area (Å²) >= 11 is 0. The second kappa shape index (κ2) is 8.00. The molecule has 0 radical (unpaired) electrons. The van der Waals surface area contributed by atoms with Crippen LogP contribution in [0.2, 0.25) is 0 Å². The van der Waals surface area contributed by atoms with Gasteiger partial charge in [-0.05, 0) is 55.2 Å². The Morgan fingerprint density at radius 2 is 2.04 bits per heavy atom. The number of carbonyl (C=O) groups excluding carboxylic acids is 1. The number of nitrogens with one attached hydrogen (secondary N) is 1. The fourth-order valence-corrected chi connectivity index (χ4v) is 6.38. The molecule has 1 aromatic rings. The minimum absolute atomic E-state index is 0.0724. The van der Waals surface area contributed by atoms with Gasteiger partial charge in [0.15, 0.2) is 0 Å². The van der Waals surface area contributed by atoms with Gasteiger partial charge in [-0.3, -0.25) is 4.79 Å². The van der Waals surface area contributed by atoms with Gasteiger partial charge >= 0.3 is 0 Å². The fourth-order valence-electron chi connectivity index (χ4n) is 4.95. The maximum atomic E-state index is 12.9. The molecule has 3 atom stereocenters. The van der Waals surface area contributed by atoms with Crippen LogP contribution in [0.25, 0.3) is 0 Å². The molecule has 8 heteroatoms. The number of morpholine rings is 1. The van der Waals surface area contributed by atoms with E-state index in [2.05, 4.69) is 5.32 Å². The third-order valence-electron chi connectivity index (χ3n) is 6.38. The first-order chi connectivity index (χ1) is 13.5. The first-order valence-electron chi connectivity index (χ1n) is 10.0. The van der Waals surface area contributed by atoms with Gasteiger partial charge < -0.3 is 14.8 Å². The molecule has 2 aliphatic carbocycles. The lowest BCUT2D eigenvalue weighted by atomic mass is 9.86. The lowest BCUT2D eigenvalue weighted by Crippen LogP contribution is -2.40. The van der Waals surface area contributed by atoms with Crippen molar-refractivity contribution in [2.45, 2.75) is 37.0 Å². The van der Waals surface area contributed by atoms with Crippen molar-refractivity contribution in [1.29, 1.82) is 0 Å². The zero-order valence-electron chi connectivity index (χ0n) is 16.2. The van der Waals surface area contributed by atoms with Crippen LogP contribution in [-0.4, -0.2) is 52.0 Å². The summed E-state index contributed by atoms with van der Waals surface area (Å²) in [5, 5.41) is 2.89. The van der Waals surface area contributed by atoms with Gasteiger partial charge in [-0.2, -0.15) is 4.31 Å². The van der Waals surface area contributed by atoms with E-state index in [0.29, 0.717) is 56.0 Å². The highest BCUT2D eigenvalue weighted by atomic mass is 32.2. The number of hydrogen-bond donors (Lipinski definition) is 1. The topological polar surface area (TPSA) is 84.9 Å². The molecule has 1 heterocycles. The normalized spacial score (nSPS) is 27.7. The highest BCUT2D eigenvalue weighted by Gasteiger charge is 2.40. The van der Waals surface area contributed by atoms with Crippen molar-refractivity contribution >= 4 is 21.6 Å². The van der Waals surface area contributed by atoms with Crippen LogP contribution in [0.4, 0.5) is 5.69 Å². The number of rotatable bonds is 6. The molecular formula is C20H28N2O5S. The summed E-state index contributed by atoms with van der Waals surface area (Å²) < 4.78 is 37.8. The van der Waals surface area contributed by atoms with Crippen molar-refractivity contribution in [3.8, 4) is 5.75 Å². The zero-order chi connectivity index (χ0) is 19.7. The third-order valence-corrected chi connectivity index (χ3v) is 8.28. The van der Waals surface area contributed by atoms with Crippen molar-refractivity contribution in [1.82, 2.24) is 4.31 Å². The van der Waals surface area contributed by atoms with Gasteiger partial charge in [0.25, 0.3) is 0 Å². The molecule has 0 unspecified atom stereocenters. The Morgan fingerprint density at radius 3 is 2.68 bits per heavy atom. The number of sulfonamides is 1. The van der Waals surface area contributed by atoms with Crippen LogP contribution < -0.4 is 10.1 Å². The highest BCUT2D eigenvalue weighted by molar-refractivity contribution is 7.89. The molecule has 1 saturated heterocycles. The average Bonchev–Trinajstić information content (AvgIpc) is 3.31. The van der Waals surface area contributed by atoms with Crippen LogP contribution in [-0.2, 0) is 19.6 Å². The Hall–Kier alpha value is -1.64. The number of anilines is 1. The summed E-state index contributed by atoms with van der Waals surface area (Å²) in [6.07, 6.45) is 5.43. The molecule has 3 aliphatic rings. The monoisotopic (exact) mass is 408 g/mol. The van der Waals surface area contributed by atoms with Gasteiger partial charge in [-0.25, -0.2) is 8.42 Å². The van der Waals surface area contributed by atoms with Crippen LogP contribution in [0.5, 0.6) is 5.75 Å². The molecule has 0 spiro atoms. The number of amides is 1. The highest BCUT2D eigenvalue weighted by Crippen LogP contribution is 2.49. The van der Waals surface area contributed by atoms with Crippen LogP contribution >= 0.6 is 0 Å². The standard InChI is InChI=1S/C20H28N2O5S/c1-26-19-5-4-17(28(24,25)22-6-8-27-9-7-22)13-18(19)21-20(23)12-16-11-14-2-3-15(16)10-14/h4-5,13-16H,2-3,6-12H2,1H3,(H,21,23)/t14-,15-,16+/m1/s1. The zero-order valence-corrected chi connectivity index (χ0v) is 17.0. The van der Waals surface area contributed by atoms with Crippen LogP contribution in [0.3, 0.4) is 0 Å². The van der Waals surface area contributed by atoms with Gasteiger partial charge in [-0.1, -0.05) is 6.42 Å². The lowest BCUT2D eigenvalue weighted by molar-refractivity contribution is -0.117. The molecule has 1 aromatic carbocycles. The summed E-state index contributed by atoms with van der Waals surface area (Å²) in [6.45, 7) is 1.45. The molecule has 1 amide bonds. The van der Waals surface area contributed by atoms with E-state index in [-0.39, 0.29) is 10.8 Å². The number of hydrogen-bond acceptors (Lipinski definition) is 5. The quantitative estimate of drug-likeness (QED) is 0.782. The number of carbonyl (C=O) groups is 1. The van der Waals surface area contributed by atoms with Gasteiger partial charge in [0, 0.05) is 19.5 Å². The van der Waals surface area contributed by atoms with Crippen LogP contribution in [0, 0.1) is 17.8 Å². The maximum Gasteiger partial charge on any atom is 0.243 e. The number of nitrogens with zero attached hydrogens (tertiary/aromatic N) is 1. The molecule has 28 heavy (non-hydrogen) atoms. The summed E-state index contributed by atoms with van der Waals surface area (Å²) in [5.74, 6) is 2.30. The largest absolute Gasteiger partial charge is 0.495 e. The molecule has 2 saturated carbocycles. The lowest BCUT2D eigenvalue weighted by Gasteiger charge is -2.26. The molecule has 7 nitrogen and oxygen atoms in total. The van der Waals surface area contributed by atoms with E-state index >= 15 is 0 Å². The van der Waals surface area contributed by atoms with Gasteiger partial charge in [0.2, 0.25) is 15.9 Å². The number of methoxy groups -OCH3 is 1. The minimum Gasteiger partial charge on any atom is -0.495 e. The van der Waals surface area contributed by atoms with Crippen LogP contribution in [0.1, 0.15) is 32.1 Å². The summed E-state index contributed by atoms with van der Waals surface area (Å²) in [6, 6.07) is 4.62. The van der Waals surface area contributed by atoms with Gasteiger partial charge in [0.1, 0.15) is 5.75 Å². The Labute approximate surface area is 166 Å². The van der Waals surface area contributed by atoms with Gasteiger partial charge in [0.05, 0.1) is 30.9 Å². The molecule has 3 fully saturated rings. The molecule has 2 bridgehead atoms. The molecular weight excluding hydrogens is 380 g/mol. The second-order valence-electron chi connectivity index (χ2n) is 8.07. The molecule has 154 valence electrons. The number of ether oxygens (including phenoxy) is 2. The SMILES string of the molecule is COc1ccc(S(=O)(=O)N2CCOCC2)cc1NC(=O)C[C@@H]1C[C@@H]2CC[C@@H]1C2. The summed E-state index contributed by atoms with van der Waals surface area (Å²) in [4.78, 5) is 12.8. The molecule has 4 rings (SSSR count). The Bertz CT molecular complexity index is 835. The molecule has 1 aliphatic heterocycles. The predicted molar refractivity (Wildman–Crippen MR) is 105 cm³/mol. The van der Waals surface area contributed by atoms with Crippen molar-refractivity contribution < 1.29 is 22.7 Å². The van der Waals surface area contributed by atoms with E-state index in [1.807, 2.05) is 0 Å². The maximum absolute atomic E-state index is 12.9. The van der Waals surface area contributed by atoms with Crippen molar-refractivity contribution in [3.05, 3.63) is 18.2 Å². The Balaban J connectivity index is 1.49. The average molecular weight is 409 g/mol.